The molecule has 21 heteroatoms. The van der Waals surface area contributed by atoms with Gasteiger partial charge in [0.2, 0.25) is 5.91 Å². The van der Waals surface area contributed by atoms with Crippen molar-refractivity contribution < 1.29 is 50.4 Å². The summed E-state index contributed by atoms with van der Waals surface area (Å²) in [5.74, 6) is -3.80. The number of aromatic nitrogens is 3. The highest BCUT2D eigenvalue weighted by Crippen LogP contribution is 2.30. The Hall–Kier alpha value is -5.50. The number of alkyl halides is 6. The van der Waals surface area contributed by atoms with Gasteiger partial charge >= 0.3 is 18.3 Å². The number of allylic oxidation sites excluding steroid dienone is 1. The minimum absolute atomic E-state index is 0.0196. The number of imidazole rings is 1. The fourth-order valence-corrected chi connectivity index (χ4v) is 6.37. The van der Waals surface area contributed by atoms with Gasteiger partial charge in [-0.05, 0) is 36.8 Å². The van der Waals surface area contributed by atoms with Crippen molar-refractivity contribution in [1.82, 2.24) is 24.3 Å². The van der Waals surface area contributed by atoms with E-state index in [4.69, 9.17) is 17.0 Å². The van der Waals surface area contributed by atoms with Gasteiger partial charge in [-0.1, -0.05) is 18.5 Å². The van der Waals surface area contributed by atoms with Crippen molar-refractivity contribution in [1.29, 1.82) is 5.41 Å². The number of hydrogen-bond acceptors (Lipinski definition) is 8. The molecule has 3 heterocycles. The zero-order valence-corrected chi connectivity index (χ0v) is 33.3. The molecule has 0 aliphatic carbocycles. The predicted molar refractivity (Wildman–Crippen MR) is 205 cm³/mol. The van der Waals surface area contributed by atoms with E-state index in [1.807, 2.05) is 21.0 Å². The fourth-order valence-electron chi connectivity index (χ4n) is 6.11. The Kier molecular flexibility index (Phi) is 14.3. The van der Waals surface area contributed by atoms with Crippen LogP contribution in [0.4, 0.5) is 43.5 Å². The van der Waals surface area contributed by atoms with Gasteiger partial charge in [0.25, 0.3) is 11.8 Å². The molecule has 3 N–H and O–H groups in total. The summed E-state index contributed by atoms with van der Waals surface area (Å²) in [6, 6.07) is 6.45. The molecule has 0 spiro atoms. The highest BCUT2D eigenvalue weighted by atomic mass is 35.5. The number of carbonyl (C=O) groups is 4. The van der Waals surface area contributed by atoms with Crippen LogP contribution in [0.15, 0.2) is 48.9 Å². The van der Waals surface area contributed by atoms with Gasteiger partial charge in [0.15, 0.2) is 5.82 Å². The number of rotatable bonds is 13. The summed E-state index contributed by atoms with van der Waals surface area (Å²) in [6.45, 7) is 4.23. The predicted octanol–water partition coefficient (Wildman–Crippen LogP) is 4.15. The zero-order valence-electron chi connectivity index (χ0n) is 32.6. The summed E-state index contributed by atoms with van der Waals surface area (Å²) < 4.78 is 81.4. The minimum Gasteiger partial charge on any atom is -0.340 e. The molecule has 1 aromatic carbocycles. The van der Waals surface area contributed by atoms with Crippen LogP contribution in [0.1, 0.15) is 46.4 Å². The molecule has 3 aromatic rings. The third-order valence-electron chi connectivity index (χ3n) is 9.54. The molecule has 14 nitrogen and oxygen atoms in total. The standard InChI is InChI=1S/C37H43ClF6N10O4/c1-7-22(12-13-49(2)3)33(56)53-14-16-54(17-15-53)34(57)25-10-8-23(18-27(25)38)48-32(55)31-47-20-28(52(31)6)26(30(45)36(39,40)41)21-50(4)29-11-9-24(19-46-29)51(5)35(58)37(42,43)44/h8-11,18-22,45H,7,12-17H2,1-6H3,(H,48,55)/p+1. The number of benzene rings is 1. The number of hydrogen-bond donors (Lipinski definition) is 3. The third-order valence-corrected chi connectivity index (χ3v) is 9.85. The Morgan fingerprint density at radius 2 is 1.60 bits per heavy atom. The second-order valence-corrected chi connectivity index (χ2v) is 14.3. The van der Waals surface area contributed by atoms with Gasteiger partial charge < -0.3 is 34.4 Å². The average molecular weight is 842 g/mol. The summed E-state index contributed by atoms with van der Waals surface area (Å²) in [7, 11) is 7.48. The maximum Gasteiger partial charge on any atom is 0.471 e. The van der Waals surface area contributed by atoms with E-state index in [1.165, 1.54) is 37.2 Å². The SMILES string of the molecule is CCC(CC[NH+](C)C)C(=O)N1CCN(C(=O)c2ccc(NC(=O)c3ncc(C(=CN(C)c4ccc(N(C)C(=O)C(F)(F)F)cn4)C(=N)C(F)(F)F)n3C)cc2Cl)CC1. The summed E-state index contributed by atoms with van der Waals surface area (Å²) in [4.78, 5) is 65.4. The molecular formula is C37H44ClF6N10O4+. The first-order valence-corrected chi connectivity index (χ1v) is 18.3. The topological polar surface area (TPSA) is 152 Å². The van der Waals surface area contributed by atoms with E-state index in [0.717, 1.165) is 66.6 Å². The number of pyridine rings is 1. The summed E-state index contributed by atoms with van der Waals surface area (Å²) in [5, 5.41) is 10.5. The third kappa shape index (κ3) is 10.7. The van der Waals surface area contributed by atoms with Gasteiger partial charge in [0.05, 0.1) is 55.0 Å². The van der Waals surface area contributed by atoms with Crippen LogP contribution < -0.4 is 20.0 Å². The van der Waals surface area contributed by atoms with Gasteiger partial charge in [-0.15, -0.1) is 0 Å². The molecule has 1 fully saturated rings. The maximum absolute atomic E-state index is 13.9. The average Bonchev–Trinajstić information content (AvgIpc) is 3.55. The van der Waals surface area contributed by atoms with Crippen molar-refractivity contribution >= 4 is 63.7 Å². The normalized spacial score (nSPS) is 14.3. The first-order valence-electron chi connectivity index (χ1n) is 18.0. The van der Waals surface area contributed by atoms with Crippen LogP contribution in [0.2, 0.25) is 5.02 Å². The monoisotopic (exact) mass is 841 g/mol. The van der Waals surface area contributed by atoms with E-state index in [-0.39, 0.29) is 57.0 Å². The van der Waals surface area contributed by atoms with Crippen LogP contribution in [0.3, 0.4) is 0 Å². The van der Waals surface area contributed by atoms with Crippen LogP contribution >= 0.6 is 11.6 Å². The largest absolute Gasteiger partial charge is 0.471 e. The Labute approximate surface area is 335 Å². The lowest BCUT2D eigenvalue weighted by molar-refractivity contribution is -0.858. The Balaban J connectivity index is 1.47. The molecule has 1 atom stereocenters. The molecule has 58 heavy (non-hydrogen) atoms. The lowest BCUT2D eigenvalue weighted by Crippen LogP contribution is -3.05. The second-order valence-electron chi connectivity index (χ2n) is 13.9. The van der Waals surface area contributed by atoms with Gasteiger partial charge in [-0.3, -0.25) is 24.6 Å². The van der Waals surface area contributed by atoms with E-state index in [0.29, 0.717) is 31.1 Å². The van der Waals surface area contributed by atoms with Crippen molar-refractivity contribution in [2.45, 2.75) is 32.1 Å². The molecule has 4 amide bonds. The van der Waals surface area contributed by atoms with Crippen molar-refractivity contribution in [2.24, 2.45) is 13.0 Å². The Bertz CT molecular complexity index is 2040. The van der Waals surface area contributed by atoms with Crippen molar-refractivity contribution in [3.8, 4) is 0 Å². The number of halogens is 7. The molecule has 0 bridgehead atoms. The molecule has 1 aliphatic rings. The number of nitrogens with zero attached hydrogens (tertiary/aromatic N) is 7. The van der Waals surface area contributed by atoms with Crippen LogP contribution in [-0.2, 0) is 16.6 Å². The summed E-state index contributed by atoms with van der Waals surface area (Å²) in [5.41, 5.74) is -2.76. The highest BCUT2D eigenvalue weighted by molar-refractivity contribution is 6.34. The molecule has 0 radical (unpaired) electrons. The molecule has 2 aromatic heterocycles. The molecule has 1 saturated heterocycles. The molecule has 1 unspecified atom stereocenters. The molecular weight excluding hydrogens is 798 g/mol. The smallest absolute Gasteiger partial charge is 0.340 e. The van der Waals surface area contributed by atoms with E-state index in [9.17, 15) is 45.5 Å². The van der Waals surface area contributed by atoms with Crippen molar-refractivity contribution in [3.05, 3.63) is 71.0 Å². The first kappa shape index (κ1) is 45.2. The van der Waals surface area contributed by atoms with Crippen LogP contribution in [0, 0.1) is 11.3 Å². The van der Waals surface area contributed by atoms with Crippen molar-refractivity contribution in [3.63, 3.8) is 0 Å². The summed E-state index contributed by atoms with van der Waals surface area (Å²) >= 11 is 6.49. The minimum atomic E-state index is -5.15. The number of carbonyl (C=O) groups excluding carboxylic acids is 4. The molecule has 1 aliphatic heterocycles. The number of quaternary nitrogens is 1. The second kappa shape index (κ2) is 18.4. The molecule has 4 rings (SSSR count). The van der Waals surface area contributed by atoms with E-state index in [1.54, 1.807) is 9.80 Å². The first-order chi connectivity index (χ1) is 27.0. The van der Waals surface area contributed by atoms with Crippen LogP contribution in [-0.4, -0.2) is 127 Å². The van der Waals surface area contributed by atoms with Crippen LogP contribution in [0.25, 0.3) is 5.57 Å². The van der Waals surface area contributed by atoms with Crippen LogP contribution in [0.5, 0.6) is 0 Å². The number of nitrogens with one attached hydrogen (secondary N) is 3. The Morgan fingerprint density at radius 3 is 2.14 bits per heavy atom. The zero-order chi connectivity index (χ0) is 43.3. The lowest BCUT2D eigenvalue weighted by atomic mass is 10.00. The highest BCUT2D eigenvalue weighted by Gasteiger charge is 2.42. The lowest BCUT2D eigenvalue weighted by Gasteiger charge is -2.36. The number of amides is 4. The van der Waals surface area contributed by atoms with Gasteiger partial charge in [-0.25, -0.2) is 9.97 Å². The van der Waals surface area contributed by atoms with Gasteiger partial charge in [0, 0.05) is 77.1 Å². The van der Waals surface area contributed by atoms with E-state index in [2.05, 4.69) is 15.3 Å². The molecule has 0 saturated carbocycles. The summed E-state index contributed by atoms with van der Waals surface area (Å²) in [6.07, 6.45) is -6.03. The van der Waals surface area contributed by atoms with E-state index < -0.39 is 35.5 Å². The van der Waals surface area contributed by atoms with E-state index >= 15 is 0 Å². The Morgan fingerprint density at radius 1 is 0.966 bits per heavy atom. The van der Waals surface area contributed by atoms with Gasteiger partial charge in [0.1, 0.15) is 11.5 Å². The number of piperazine rings is 1. The number of anilines is 3. The quantitative estimate of drug-likeness (QED) is 0.173. The maximum atomic E-state index is 13.9. The van der Waals surface area contributed by atoms with Crippen molar-refractivity contribution in [2.75, 3.05) is 76.0 Å². The molecule has 314 valence electrons. The fraction of sp³-hybridized carbons (Fsp3) is 0.432. The van der Waals surface area contributed by atoms with Gasteiger partial charge in [-0.2, -0.15) is 26.3 Å².